The molecule has 0 aliphatic heterocycles. The molecule has 0 spiro atoms. The van der Waals surface area contributed by atoms with E-state index in [-0.39, 0.29) is 0 Å². The third-order valence-electron chi connectivity index (χ3n) is 6.10. The van der Waals surface area contributed by atoms with Crippen molar-refractivity contribution in [2.45, 2.75) is 26.5 Å². The molecule has 0 fully saturated rings. The normalized spacial score (nSPS) is 12.4. The van der Waals surface area contributed by atoms with Crippen molar-refractivity contribution in [1.29, 1.82) is 0 Å². The number of imidazole rings is 1. The number of anilines is 1. The first-order chi connectivity index (χ1) is 18.0. The second kappa shape index (κ2) is 9.40. The van der Waals surface area contributed by atoms with Gasteiger partial charge in [-0.25, -0.2) is 15.0 Å². The quantitative estimate of drug-likeness (QED) is 0.233. The molecule has 0 radical (unpaired) electrons. The molecule has 0 aliphatic carbocycles. The average Bonchev–Trinajstić information content (AvgIpc) is 3.52. The molecule has 10 nitrogen and oxygen atoms in total. The predicted octanol–water partition coefficient (Wildman–Crippen LogP) is 4.80. The Bertz CT molecular complexity index is 1690. The van der Waals surface area contributed by atoms with Gasteiger partial charge in [0, 0.05) is 53.2 Å². The van der Waals surface area contributed by atoms with Crippen LogP contribution >= 0.6 is 0 Å². The molecule has 1 unspecified atom stereocenters. The SMILES string of the molecule is CC(C)CC(O)Nc1cncc(-c2cnc3[nH]nc(-c4nc5c(-c6cccnc6)ccnc5[nH]4)c3c2)c1. The Balaban J connectivity index is 1.38. The van der Waals surface area contributed by atoms with Crippen LogP contribution in [0.1, 0.15) is 20.3 Å². The molecular weight excluding hydrogens is 466 g/mol. The van der Waals surface area contributed by atoms with Crippen molar-refractivity contribution < 1.29 is 5.11 Å². The number of nitrogens with one attached hydrogen (secondary N) is 3. The minimum Gasteiger partial charge on any atom is -0.374 e. The largest absolute Gasteiger partial charge is 0.374 e. The third kappa shape index (κ3) is 4.50. The molecule has 6 aromatic rings. The molecule has 0 saturated heterocycles. The molecule has 4 N–H and O–H groups in total. The van der Waals surface area contributed by atoms with Crippen molar-refractivity contribution >= 4 is 27.9 Å². The fourth-order valence-corrected chi connectivity index (χ4v) is 4.39. The van der Waals surface area contributed by atoms with Crippen LogP contribution in [0.3, 0.4) is 0 Å². The highest BCUT2D eigenvalue weighted by molar-refractivity contribution is 5.96. The maximum Gasteiger partial charge on any atom is 0.161 e. The van der Waals surface area contributed by atoms with Crippen LogP contribution in [0.15, 0.2) is 67.5 Å². The topological polar surface area (TPSA) is 141 Å². The summed E-state index contributed by atoms with van der Waals surface area (Å²) in [5.41, 5.74) is 7.09. The van der Waals surface area contributed by atoms with Crippen LogP contribution in [0.4, 0.5) is 5.69 Å². The summed E-state index contributed by atoms with van der Waals surface area (Å²) in [5, 5.41) is 21.7. The van der Waals surface area contributed by atoms with Crippen molar-refractivity contribution in [3.8, 4) is 33.8 Å². The van der Waals surface area contributed by atoms with Crippen LogP contribution in [0.2, 0.25) is 0 Å². The molecule has 0 bridgehead atoms. The van der Waals surface area contributed by atoms with Gasteiger partial charge < -0.3 is 15.4 Å². The van der Waals surface area contributed by atoms with E-state index in [1.165, 1.54) is 0 Å². The standard InChI is InChI=1S/C27H25N9O/c1-15(2)8-22(37)32-19-9-17(12-29-14-19)18-10-21-24(35-36-25(21)31-13-18)27-33-23-20(5-7-30-26(23)34-27)16-4-3-6-28-11-16/h3-7,9-15,22,32,37H,8H2,1-2H3,(H,30,33,34)(H,31,35,36). The van der Waals surface area contributed by atoms with Gasteiger partial charge in [-0.1, -0.05) is 19.9 Å². The molecular formula is C27H25N9O. The number of aliphatic hydroxyl groups excluding tert-OH is 1. The molecule has 37 heavy (non-hydrogen) atoms. The van der Waals surface area contributed by atoms with E-state index in [0.29, 0.717) is 35.2 Å². The number of nitrogens with zero attached hydrogens (tertiary/aromatic N) is 6. The van der Waals surface area contributed by atoms with Crippen LogP contribution in [-0.2, 0) is 0 Å². The average molecular weight is 492 g/mol. The third-order valence-corrected chi connectivity index (χ3v) is 6.10. The van der Waals surface area contributed by atoms with E-state index in [1.54, 1.807) is 31.0 Å². The molecule has 184 valence electrons. The van der Waals surface area contributed by atoms with Crippen molar-refractivity contribution in [3.63, 3.8) is 0 Å². The Hall–Kier alpha value is -4.70. The highest BCUT2D eigenvalue weighted by Gasteiger charge is 2.17. The van der Waals surface area contributed by atoms with Crippen molar-refractivity contribution in [2.75, 3.05) is 5.32 Å². The van der Waals surface area contributed by atoms with E-state index in [1.807, 2.05) is 36.5 Å². The zero-order chi connectivity index (χ0) is 25.4. The Kier molecular flexibility index (Phi) is 5.78. The van der Waals surface area contributed by atoms with Gasteiger partial charge in [0.05, 0.1) is 17.3 Å². The van der Waals surface area contributed by atoms with Crippen molar-refractivity contribution in [2.24, 2.45) is 5.92 Å². The number of aromatic nitrogens is 8. The lowest BCUT2D eigenvalue weighted by Gasteiger charge is -2.16. The Labute approximate surface area is 212 Å². The van der Waals surface area contributed by atoms with E-state index in [9.17, 15) is 5.11 Å². The lowest BCUT2D eigenvalue weighted by Crippen LogP contribution is -2.20. The van der Waals surface area contributed by atoms with Crippen molar-refractivity contribution in [1.82, 2.24) is 40.1 Å². The summed E-state index contributed by atoms with van der Waals surface area (Å²) in [4.78, 5) is 25.8. The summed E-state index contributed by atoms with van der Waals surface area (Å²) < 4.78 is 0. The van der Waals surface area contributed by atoms with Crippen LogP contribution in [-0.4, -0.2) is 51.4 Å². The van der Waals surface area contributed by atoms with E-state index in [4.69, 9.17) is 4.98 Å². The van der Waals surface area contributed by atoms with Gasteiger partial charge >= 0.3 is 0 Å². The summed E-state index contributed by atoms with van der Waals surface area (Å²) in [6.45, 7) is 4.14. The first-order valence-electron chi connectivity index (χ1n) is 12.0. The summed E-state index contributed by atoms with van der Waals surface area (Å²) >= 11 is 0. The predicted molar refractivity (Wildman–Crippen MR) is 142 cm³/mol. The van der Waals surface area contributed by atoms with Gasteiger partial charge in [0.25, 0.3) is 0 Å². The molecule has 6 rings (SSSR count). The monoisotopic (exact) mass is 491 g/mol. The lowest BCUT2D eigenvalue weighted by atomic mass is 10.1. The molecule has 0 amide bonds. The number of hydrogen-bond donors (Lipinski definition) is 4. The first-order valence-corrected chi connectivity index (χ1v) is 12.0. The van der Waals surface area contributed by atoms with Gasteiger partial charge in [-0.05, 0) is 36.6 Å². The zero-order valence-corrected chi connectivity index (χ0v) is 20.3. The maximum atomic E-state index is 10.3. The summed E-state index contributed by atoms with van der Waals surface area (Å²) in [6.07, 6.45) is 10.5. The number of aromatic amines is 2. The second-order valence-electron chi connectivity index (χ2n) is 9.33. The zero-order valence-electron chi connectivity index (χ0n) is 20.3. The van der Waals surface area contributed by atoms with Gasteiger partial charge in [0.15, 0.2) is 17.1 Å². The highest BCUT2D eigenvalue weighted by atomic mass is 16.3. The second-order valence-corrected chi connectivity index (χ2v) is 9.33. The fourth-order valence-electron chi connectivity index (χ4n) is 4.39. The van der Waals surface area contributed by atoms with E-state index < -0.39 is 6.23 Å². The minimum absolute atomic E-state index is 0.374. The van der Waals surface area contributed by atoms with Gasteiger partial charge in [-0.3, -0.25) is 15.1 Å². The number of pyridine rings is 4. The lowest BCUT2D eigenvalue weighted by molar-refractivity contribution is 0.176. The van der Waals surface area contributed by atoms with Gasteiger partial charge in [-0.2, -0.15) is 5.10 Å². The number of H-pyrrole nitrogens is 2. The fraction of sp³-hybridized carbons (Fsp3) is 0.185. The number of aliphatic hydroxyl groups is 1. The highest BCUT2D eigenvalue weighted by Crippen LogP contribution is 2.32. The van der Waals surface area contributed by atoms with Gasteiger partial charge in [0.2, 0.25) is 0 Å². The molecule has 0 aliphatic rings. The minimum atomic E-state index is -0.642. The van der Waals surface area contributed by atoms with E-state index in [2.05, 4.69) is 54.3 Å². The van der Waals surface area contributed by atoms with Gasteiger partial charge in [0.1, 0.15) is 17.4 Å². The summed E-state index contributed by atoms with van der Waals surface area (Å²) in [7, 11) is 0. The summed E-state index contributed by atoms with van der Waals surface area (Å²) in [6, 6.07) is 9.78. The van der Waals surface area contributed by atoms with Crippen molar-refractivity contribution in [3.05, 3.63) is 67.5 Å². The Morgan fingerprint density at radius 3 is 2.62 bits per heavy atom. The molecule has 1 atom stereocenters. The van der Waals surface area contributed by atoms with Crippen LogP contribution in [0.5, 0.6) is 0 Å². The van der Waals surface area contributed by atoms with Crippen LogP contribution in [0, 0.1) is 5.92 Å². The molecule has 0 aromatic carbocycles. The molecule has 0 saturated carbocycles. The van der Waals surface area contributed by atoms with E-state index >= 15 is 0 Å². The first kappa shape index (κ1) is 22.7. The van der Waals surface area contributed by atoms with Crippen LogP contribution < -0.4 is 5.32 Å². The van der Waals surface area contributed by atoms with Crippen LogP contribution in [0.25, 0.3) is 56.0 Å². The molecule has 6 heterocycles. The number of fused-ring (bicyclic) bond motifs is 2. The van der Waals surface area contributed by atoms with Gasteiger partial charge in [-0.15, -0.1) is 0 Å². The smallest absolute Gasteiger partial charge is 0.161 e. The Morgan fingerprint density at radius 1 is 0.919 bits per heavy atom. The summed E-state index contributed by atoms with van der Waals surface area (Å²) in [5.74, 6) is 0.966. The van der Waals surface area contributed by atoms with E-state index in [0.717, 1.165) is 38.8 Å². The molecule has 10 heteroatoms. The maximum absolute atomic E-state index is 10.3. The molecule has 6 aromatic heterocycles. The Morgan fingerprint density at radius 2 is 1.78 bits per heavy atom. The number of rotatable bonds is 7. The number of hydrogen-bond acceptors (Lipinski definition) is 8.